The zero-order valence-electron chi connectivity index (χ0n) is 13.9. The summed E-state index contributed by atoms with van der Waals surface area (Å²) in [7, 11) is 1.68. The van der Waals surface area contributed by atoms with E-state index in [1.54, 1.807) is 25.8 Å². The number of nitrogens with zero attached hydrogens (tertiary/aromatic N) is 2. The lowest BCUT2D eigenvalue weighted by atomic mass is 10.1. The second kappa shape index (κ2) is 7.45. The third-order valence-corrected chi connectivity index (χ3v) is 3.82. The molecule has 2 aromatic rings. The summed E-state index contributed by atoms with van der Waals surface area (Å²) in [5, 5.41) is 6.05. The largest absolute Gasteiger partial charge is 0.418 e. The maximum atomic E-state index is 13.0. The standard InChI is InChI=1S/C16H17ClF3N3O2/c1-9-12(10(2)25-22-9)7-23(3)8-15(24)21-14-5-4-11(17)6-13(14)16(18,19)20/h4-6H,7-8H2,1-3H3,(H,21,24). The van der Waals surface area contributed by atoms with E-state index < -0.39 is 17.6 Å². The highest BCUT2D eigenvalue weighted by atomic mass is 35.5. The molecule has 2 rings (SSSR count). The van der Waals surface area contributed by atoms with Gasteiger partial charge in [0.05, 0.1) is 23.5 Å². The summed E-state index contributed by atoms with van der Waals surface area (Å²) in [6.07, 6.45) is -4.61. The number of hydrogen-bond acceptors (Lipinski definition) is 4. The Balaban J connectivity index is 2.05. The normalized spacial score (nSPS) is 11.8. The van der Waals surface area contributed by atoms with Crippen LogP contribution in [0.1, 0.15) is 22.6 Å². The van der Waals surface area contributed by atoms with Gasteiger partial charge in [-0.2, -0.15) is 13.2 Å². The van der Waals surface area contributed by atoms with Gasteiger partial charge in [-0.15, -0.1) is 0 Å². The first-order chi connectivity index (χ1) is 11.6. The molecular formula is C16H17ClF3N3O2. The number of halogens is 4. The van der Waals surface area contributed by atoms with Crippen LogP contribution in [0.2, 0.25) is 5.02 Å². The third kappa shape index (κ3) is 4.96. The van der Waals surface area contributed by atoms with Crippen molar-refractivity contribution in [3.63, 3.8) is 0 Å². The van der Waals surface area contributed by atoms with Gasteiger partial charge in [0, 0.05) is 17.1 Å². The summed E-state index contributed by atoms with van der Waals surface area (Å²) in [5.41, 5.74) is 0.244. The van der Waals surface area contributed by atoms with Crippen LogP contribution in [0.15, 0.2) is 22.7 Å². The summed E-state index contributed by atoms with van der Waals surface area (Å²) >= 11 is 5.62. The molecule has 0 fully saturated rings. The SMILES string of the molecule is Cc1noc(C)c1CN(C)CC(=O)Nc1ccc(Cl)cc1C(F)(F)F. The second-order valence-electron chi connectivity index (χ2n) is 5.71. The Bertz CT molecular complexity index is 755. The van der Waals surface area contributed by atoms with Crippen LogP contribution in [0.25, 0.3) is 0 Å². The van der Waals surface area contributed by atoms with Gasteiger partial charge in [0.15, 0.2) is 0 Å². The van der Waals surface area contributed by atoms with Gasteiger partial charge in [-0.3, -0.25) is 9.69 Å². The molecule has 1 heterocycles. The summed E-state index contributed by atoms with van der Waals surface area (Å²) in [6.45, 7) is 3.83. The Morgan fingerprint density at radius 2 is 2.04 bits per heavy atom. The van der Waals surface area contributed by atoms with Gasteiger partial charge in [-0.05, 0) is 39.1 Å². The number of alkyl halides is 3. The van der Waals surface area contributed by atoms with Crippen molar-refractivity contribution in [1.29, 1.82) is 0 Å². The lowest BCUT2D eigenvalue weighted by Gasteiger charge is -2.18. The molecule has 1 amide bonds. The molecular weight excluding hydrogens is 359 g/mol. The maximum absolute atomic E-state index is 13.0. The van der Waals surface area contributed by atoms with E-state index in [0.29, 0.717) is 18.0 Å². The zero-order chi connectivity index (χ0) is 18.8. The first-order valence-corrected chi connectivity index (χ1v) is 7.72. The van der Waals surface area contributed by atoms with Crippen molar-refractivity contribution >= 4 is 23.2 Å². The number of anilines is 1. The van der Waals surface area contributed by atoms with E-state index in [-0.39, 0.29) is 17.3 Å². The predicted molar refractivity (Wildman–Crippen MR) is 87.4 cm³/mol. The van der Waals surface area contributed by atoms with Crippen molar-refractivity contribution < 1.29 is 22.5 Å². The van der Waals surface area contributed by atoms with Crippen LogP contribution in [0.5, 0.6) is 0 Å². The Kier molecular flexibility index (Phi) is 5.74. The van der Waals surface area contributed by atoms with E-state index in [4.69, 9.17) is 16.1 Å². The molecule has 0 aliphatic heterocycles. The van der Waals surface area contributed by atoms with Crippen LogP contribution in [-0.4, -0.2) is 29.6 Å². The smallest absolute Gasteiger partial charge is 0.361 e. The molecule has 136 valence electrons. The molecule has 0 aliphatic rings. The molecule has 1 aromatic heterocycles. The fraction of sp³-hybridized carbons (Fsp3) is 0.375. The molecule has 0 saturated carbocycles. The van der Waals surface area contributed by atoms with Crippen molar-refractivity contribution in [1.82, 2.24) is 10.1 Å². The Labute approximate surface area is 147 Å². The van der Waals surface area contributed by atoms with Crippen LogP contribution < -0.4 is 5.32 Å². The number of benzene rings is 1. The molecule has 1 N–H and O–H groups in total. The average Bonchev–Trinajstić information content (AvgIpc) is 2.79. The molecule has 5 nitrogen and oxygen atoms in total. The summed E-state index contributed by atoms with van der Waals surface area (Å²) in [5.74, 6) is 0.0731. The van der Waals surface area contributed by atoms with E-state index >= 15 is 0 Å². The van der Waals surface area contributed by atoms with Crippen molar-refractivity contribution in [2.75, 3.05) is 18.9 Å². The van der Waals surface area contributed by atoms with Crippen molar-refractivity contribution in [3.8, 4) is 0 Å². The summed E-state index contributed by atoms with van der Waals surface area (Å²) < 4.78 is 44.2. The third-order valence-electron chi connectivity index (χ3n) is 3.58. The topological polar surface area (TPSA) is 58.4 Å². The number of aromatic nitrogens is 1. The number of rotatable bonds is 5. The molecule has 0 bridgehead atoms. The Morgan fingerprint density at radius 1 is 1.36 bits per heavy atom. The highest BCUT2D eigenvalue weighted by molar-refractivity contribution is 6.30. The summed E-state index contributed by atoms with van der Waals surface area (Å²) in [4.78, 5) is 13.8. The molecule has 1 aromatic carbocycles. The maximum Gasteiger partial charge on any atom is 0.418 e. The Morgan fingerprint density at radius 3 is 2.60 bits per heavy atom. The number of hydrogen-bond donors (Lipinski definition) is 1. The van der Waals surface area contributed by atoms with E-state index in [2.05, 4.69) is 10.5 Å². The number of aryl methyl sites for hydroxylation is 2. The minimum absolute atomic E-state index is 0.0548. The quantitative estimate of drug-likeness (QED) is 0.857. The number of nitrogens with one attached hydrogen (secondary N) is 1. The fourth-order valence-corrected chi connectivity index (χ4v) is 2.52. The van der Waals surface area contributed by atoms with E-state index in [1.165, 1.54) is 6.07 Å². The van der Waals surface area contributed by atoms with Crippen molar-refractivity contribution in [2.24, 2.45) is 0 Å². The van der Waals surface area contributed by atoms with Gasteiger partial charge in [0.25, 0.3) is 0 Å². The number of likely N-dealkylation sites (N-methyl/N-ethyl adjacent to an activating group) is 1. The van der Waals surface area contributed by atoms with Crippen LogP contribution in [0, 0.1) is 13.8 Å². The van der Waals surface area contributed by atoms with Gasteiger partial charge in [0.2, 0.25) is 5.91 Å². The monoisotopic (exact) mass is 375 g/mol. The van der Waals surface area contributed by atoms with Gasteiger partial charge in [-0.1, -0.05) is 16.8 Å². The zero-order valence-corrected chi connectivity index (χ0v) is 14.6. The predicted octanol–water partition coefficient (Wildman–Crippen LogP) is 4.03. The van der Waals surface area contributed by atoms with Gasteiger partial charge in [0.1, 0.15) is 5.76 Å². The van der Waals surface area contributed by atoms with Crippen molar-refractivity contribution in [3.05, 3.63) is 45.8 Å². The molecule has 0 saturated heterocycles. The first-order valence-electron chi connectivity index (χ1n) is 7.35. The fourth-order valence-electron chi connectivity index (χ4n) is 2.35. The van der Waals surface area contributed by atoms with Gasteiger partial charge in [-0.25, -0.2) is 0 Å². The summed E-state index contributed by atoms with van der Waals surface area (Å²) in [6, 6.07) is 3.21. The molecule has 0 atom stereocenters. The minimum Gasteiger partial charge on any atom is -0.361 e. The first kappa shape index (κ1) is 19.3. The average molecular weight is 376 g/mol. The number of carbonyl (C=O) groups is 1. The molecule has 0 radical (unpaired) electrons. The van der Waals surface area contributed by atoms with Gasteiger partial charge >= 0.3 is 6.18 Å². The van der Waals surface area contributed by atoms with Crippen molar-refractivity contribution in [2.45, 2.75) is 26.6 Å². The molecule has 25 heavy (non-hydrogen) atoms. The van der Waals surface area contributed by atoms with Crippen LogP contribution in [0.4, 0.5) is 18.9 Å². The molecule has 9 heteroatoms. The lowest BCUT2D eigenvalue weighted by Crippen LogP contribution is -2.30. The van der Waals surface area contributed by atoms with E-state index in [9.17, 15) is 18.0 Å². The number of amides is 1. The van der Waals surface area contributed by atoms with Crippen LogP contribution >= 0.6 is 11.6 Å². The second-order valence-corrected chi connectivity index (χ2v) is 6.15. The highest BCUT2D eigenvalue weighted by Crippen LogP contribution is 2.36. The molecule has 0 unspecified atom stereocenters. The number of carbonyl (C=O) groups excluding carboxylic acids is 1. The molecule has 0 aliphatic carbocycles. The van der Waals surface area contributed by atoms with Crippen LogP contribution in [-0.2, 0) is 17.5 Å². The van der Waals surface area contributed by atoms with Crippen LogP contribution in [0.3, 0.4) is 0 Å². The Hall–Kier alpha value is -2.06. The van der Waals surface area contributed by atoms with Gasteiger partial charge < -0.3 is 9.84 Å². The van der Waals surface area contributed by atoms with E-state index in [1.807, 2.05) is 0 Å². The minimum atomic E-state index is -4.61. The highest BCUT2D eigenvalue weighted by Gasteiger charge is 2.34. The molecule has 0 spiro atoms. The van der Waals surface area contributed by atoms with E-state index in [0.717, 1.165) is 17.7 Å². The lowest BCUT2D eigenvalue weighted by molar-refractivity contribution is -0.137.